The molecule has 0 spiro atoms. The Balaban J connectivity index is 1.29. The molecule has 0 saturated carbocycles. The van der Waals surface area contributed by atoms with E-state index in [2.05, 4.69) is 106 Å². The fourth-order valence-corrected chi connectivity index (χ4v) is 7.77. The molecule has 0 saturated heterocycles. The van der Waals surface area contributed by atoms with Gasteiger partial charge in [0.1, 0.15) is 12.0 Å². The molecule has 2 aromatic heterocycles. The molecule has 2 aliphatic heterocycles. The highest BCUT2D eigenvalue weighted by Crippen LogP contribution is 2.55. The second-order valence-electron chi connectivity index (χ2n) is 12.2. The molecule has 48 heavy (non-hydrogen) atoms. The topological polar surface area (TPSA) is 46.0 Å². The van der Waals surface area contributed by atoms with E-state index < -0.39 is 0 Å². The van der Waals surface area contributed by atoms with Crippen molar-refractivity contribution in [2.75, 3.05) is 10.2 Å². The van der Waals surface area contributed by atoms with Crippen LogP contribution in [0.2, 0.25) is 10.0 Å². The Labute approximate surface area is 286 Å². The highest BCUT2D eigenvalue weighted by atomic mass is 35.5. The lowest BCUT2D eigenvalue weighted by molar-refractivity contribution is 0.820. The highest BCUT2D eigenvalue weighted by molar-refractivity contribution is 6.31. The predicted octanol–water partition coefficient (Wildman–Crippen LogP) is 11.5. The summed E-state index contributed by atoms with van der Waals surface area (Å²) in [5.41, 5.74) is 11.8. The molecule has 4 heterocycles. The molecule has 1 N–H and O–H groups in total. The summed E-state index contributed by atoms with van der Waals surface area (Å²) in [6, 6.07) is 48.0. The van der Waals surface area contributed by atoms with Gasteiger partial charge in [0.25, 0.3) is 0 Å². The van der Waals surface area contributed by atoms with Crippen LogP contribution in [0.25, 0.3) is 61.4 Å². The number of halogens is 2. The number of rotatable bonds is 3. The largest absolute Gasteiger partial charge is 0.359 e. The summed E-state index contributed by atoms with van der Waals surface area (Å²) in [5, 5.41) is 7.38. The molecule has 5 nitrogen and oxygen atoms in total. The molecule has 6 aromatic carbocycles. The lowest BCUT2D eigenvalue weighted by Crippen LogP contribution is -2.27. The highest BCUT2D eigenvalue weighted by Gasteiger charge is 2.38. The summed E-state index contributed by atoms with van der Waals surface area (Å²) in [7, 11) is 0. The molecule has 2 aliphatic rings. The summed E-state index contributed by atoms with van der Waals surface area (Å²) in [5.74, 6) is 1.34. The second kappa shape index (κ2) is 10.4. The average molecular weight is 659 g/mol. The monoisotopic (exact) mass is 657 g/mol. The van der Waals surface area contributed by atoms with Crippen molar-refractivity contribution in [3.63, 3.8) is 0 Å². The van der Waals surface area contributed by atoms with Gasteiger partial charge in [-0.2, -0.15) is 0 Å². The Bertz CT molecular complexity index is 2540. The van der Waals surface area contributed by atoms with Crippen LogP contribution in [0, 0.1) is 0 Å². The number of benzene rings is 6. The van der Waals surface area contributed by atoms with Crippen LogP contribution < -0.4 is 10.2 Å². The number of nitrogens with zero attached hydrogens (tertiary/aromatic N) is 4. The maximum absolute atomic E-state index is 6.48. The summed E-state index contributed by atoms with van der Waals surface area (Å²) in [6.07, 6.45) is -0.00991. The third-order valence-corrected chi connectivity index (χ3v) is 9.92. The van der Waals surface area contributed by atoms with Crippen LogP contribution in [-0.4, -0.2) is 14.5 Å². The standard InChI is InChI=1S/C41H25Cl2N5/c42-26-11-7-9-24(19-26)34-22-39(46-40(44-34)25-10-8-12-27(43)20-25)47-35-17-5-3-14-29(35)32-21-31-28-13-1-2-15-30(28)41-45-33-16-4-6-18-36(33)48(41)38(31)23-37(32)47/h1-23,41,45H. The van der Waals surface area contributed by atoms with Crippen LogP contribution in [0.4, 0.5) is 17.1 Å². The Hall–Kier alpha value is -5.62. The lowest BCUT2D eigenvalue weighted by atomic mass is 9.90. The molecule has 8 aromatic rings. The van der Waals surface area contributed by atoms with E-state index in [0.717, 1.165) is 61.5 Å². The van der Waals surface area contributed by atoms with Crippen molar-refractivity contribution in [1.29, 1.82) is 0 Å². The molecule has 0 amide bonds. The first-order valence-electron chi connectivity index (χ1n) is 15.8. The maximum atomic E-state index is 6.48. The summed E-state index contributed by atoms with van der Waals surface area (Å²) in [4.78, 5) is 12.7. The van der Waals surface area contributed by atoms with Crippen LogP contribution in [0.1, 0.15) is 11.7 Å². The normalized spacial score (nSPS) is 14.4. The minimum atomic E-state index is -0.00991. The molecular formula is C41H25Cl2N5. The maximum Gasteiger partial charge on any atom is 0.162 e. The van der Waals surface area contributed by atoms with Crippen LogP contribution in [0.3, 0.4) is 0 Å². The van der Waals surface area contributed by atoms with Gasteiger partial charge < -0.3 is 10.2 Å². The van der Waals surface area contributed by atoms with E-state index >= 15 is 0 Å². The van der Waals surface area contributed by atoms with E-state index in [-0.39, 0.29) is 6.17 Å². The zero-order chi connectivity index (χ0) is 31.9. The first-order valence-corrected chi connectivity index (χ1v) is 16.6. The van der Waals surface area contributed by atoms with Gasteiger partial charge in [0.15, 0.2) is 5.82 Å². The molecule has 228 valence electrons. The smallest absolute Gasteiger partial charge is 0.162 e. The molecule has 7 heteroatoms. The van der Waals surface area contributed by atoms with Gasteiger partial charge in [-0.15, -0.1) is 0 Å². The molecule has 0 bridgehead atoms. The zero-order valence-corrected chi connectivity index (χ0v) is 26.9. The quantitative estimate of drug-likeness (QED) is 0.205. The molecule has 0 fully saturated rings. The average Bonchev–Trinajstić information content (AvgIpc) is 3.67. The first kappa shape index (κ1) is 27.5. The van der Waals surface area contributed by atoms with Crippen molar-refractivity contribution >= 4 is 62.1 Å². The van der Waals surface area contributed by atoms with Crippen molar-refractivity contribution < 1.29 is 0 Å². The molecule has 1 unspecified atom stereocenters. The van der Waals surface area contributed by atoms with Gasteiger partial charge in [-0.3, -0.25) is 4.57 Å². The van der Waals surface area contributed by atoms with E-state index in [1.54, 1.807) is 0 Å². The van der Waals surface area contributed by atoms with Crippen molar-refractivity contribution in [3.05, 3.63) is 155 Å². The first-order chi connectivity index (χ1) is 23.6. The lowest BCUT2D eigenvalue weighted by Gasteiger charge is -2.35. The Morgan fingerprint density at radius 1 is 0.562 bits per heavy atom. The number of hydrogen-bond acceptors (Lipinski definition) is 4. The molecular weight excluding hydrogens is 633 g/mol. The number of fused-ring (bicyclic) bond motifs is 11. The fraction of sp³-hybridized carbons (Fsp3) is 0.0244. The van der Waals surface area contributed by atoms with Gasteiger partial charge in [0, 0.05) is 49.1 Å². The Morgan fingerprint density at radius 2 is 1.31 bits per heavy atom. The summed E-state index contributed by atoms with van der Waals surface area (Å²) >= 11 is 12.9. The Morgan fingerprint density at radius 3 is 2.19 bits per heavy atom. The van der Waals surface area contributed by atoms with Gasteiger partial charge in [-0.05, 0) is 60.2 Å². The molecule has 10 rings (SSSR count). The van der Waals surface area contributed by atoms with Crippen molar-refractivity contribution in [2.45, 2.75) is 6.17 Å². The van der Waals surface area contributed by atoms with E-state index in [1.165, 1.54) is 16.7 Å². The second-order valence-corrected chi connectivity index (χ2v) is 13.1. The van der Waals surface area contributed by atoms with Crippen molar-refractivity contribution in [1.82, 2.24) is 14.5 Å². The SMILES string of the molecule is Clc1cccc(-c2cc(-n3c4ccccc4c4cc5c(cc43)N3c4ccccc4NC3c3ccccc3-5)nc(-c3cccc(Cl)c3)n2)c1. The van der Waals surface area contributed by atoms with Gasteiger partial charge in [0.05, 0.1) is 33.8 Å². The molecule has 0 radical (unpaired) electrons. The van der Waals surface area contributed by atoms with Crippen LogP contribution in [0.5, 0.6) is 0 Å². The van der Waals surface area contributed by atoms with Crippen molar-refractivity contribution in [3.8, 4) is 39.6 Å². The van der Waals surface area contributed by atoms with E-state index in [4.69, 9.17) is 33.2 Å². The summed E-state index contributed by atoms with van der Waals surface area (Å²) < 4.78 is 2.26. The van der Waals surface area contributed by atoms with Gasteiger partial charge in [0.2, 0.25) is 0 Å². The minimum Gasteiger partial charge on any atom is -0.359 e. The van der Waals surface area contributed by atoms with Gasteiger partial charge >= 0.3 is 0 Å². The number of hydrogen-bond donors (Lipinski definition) is 1. The third-order valence-electron chi connectivity index (χ3n) is 9.45. The third kappa shape index (κ3) is 4.11. The van der Waals surface area contributed by atoms with E-state index in [0.29, 0.717) is 15.9 Å². The number of aromatic nitrogens is 3. The van der Waals surface area contributed by atoms with Crippen LogP contribution in [-0.2, 0) is 0 Å². The fourth-order valence-electron chi connectivity index (χ4n) is 7.39. The van der Waals surface area contributed by atoms with Crippen LogP contribution in [0.15, 0.2) is 140 Å². The molecule has 1 atom stereocenters. The van der Waals surface area contributed by atoms with E-state index in [1.807, 2.05) is 48.5 Å². The molecule has 0 aliphatic carbocycles. The number of para-hydroxylation sites is 3. The van der Waals surface area contributed by atoms with E-state index in [9.17, 15) is 0 Å². The van der Waals surface area contributed by atoms with Gasteiger partial charge in [-0.1, -0.05) is 102 Å². The number of anilines is 3. The zero-order valence-electron chi connectivity index (χ0n) is 25.4. The van der Waals surface area contributed by atoms with Gasteiger partial charge in [-0.25, -0.2) is 9.97 Å². The predicted molar refractivity (Wildman–Crippen MR) is 198 cm³/mol. The number of nitrogens with one attached hydrogen (secondary N) is 1. The minimum absolute atomic E-state index is 0.00991. The summed E-state index contributed by atoms with van der Waals surface area (Å²) in [6.45, 7) is 0. The van der Waals surface area contributed by atoms with Crippen LogP contribution >= 0.6 is 23.2 Å². The van der Waals surface area contributed by atoms with Crippen molar-refractivity contribution in [2.24, 2.45) is 0 Å². The Kier molecular flexibility index (Phi) is 5.98.